The number of thiophene rings is 1. The molecule has 3 rings (SSSR count). The van der Waals surface area contributed by atoms with E-state index < -0.39 is 5.91 Å². The number of carbonyl (C=O) groups excluding carboxylic acids is 2. The van der Waals surface area contributed by atoms with Crippen molar-refractivity contribution in [3.05, 3.63) is 16.0 Å². The van der Waals surface area contributed by atoms with Crippen LogP contribution in [0.3, 0.4) is 0 Å². The van der Waals surface area contributed by atoms with Crippen LogP contribution < -0.4 is 16.4 Å². The summed E-state index contributed by atoms with van der Waals surface area (Å²) in [5.74, 6) is 0.250. The second-order valence-electron chi connectivity index (χ2n) is 7.40. The molecule has 2 aliphatic rings. The fourth-order valence-corrected chi connectivity index (χ4v) is 5.59. The Morgan fingerprint density at radius 2 is 1.96 bits per heavy atom. The highest BCUT2D eigenvalue weighted by Crippen LogP contribution is 2.40. The molecular weight excluding hydrogens is 334 g/mol. The number of nitrogens with one attached hydrogen (secondary N) is 2. The van der Waals surface area contributed by atoms with Crippen LogP contribution in [0, 0.1) is 5.92 Å². The monoisotopic (exact) mass is 363 g/mol. The fraction of sp³-hybridized carbons (Fsp3) is 0.684. The minimum Gasteiger partial charge on any atom is -0.365 e. The zero-order chi connectivity index (χ0) is 17.8. The molecule has 0 aliphatic heterocycles. The van der Waals surface area contributed by atoms with E-state index in [1.165, 1.54) is 48.3 Å². The molecule has 5 nitrogen and oxygen atoms in total. The van der Waals surface area contributed by atoms with Gasteiger partial charge in [0.1, 0.15) is 5.00 Å². The summed E-state index contributed by atoms with van der Waals surface area (Å²) < 4.78 is 0. The van der Waals surface area contributed by atoms with E-state index in [0.717, 1.165) is 37.7 Å². The van der Waals surface area contributed by atoms with Gasteiger partial charge in [0.05, 0.1) is 5.56 Å². The van der Waals surface area contributed by atoms with Gasteiger partial charge in [-0.25, -0.2) is 4.79 Å². The van der Waals surface area contributed by atoms with Crippen LogP contribution in [0.1, 0.15) is 79.1 Å². The maximum Gasteiger partial charge on any atom is 0.320 e. The minimum atomic E-state index is -0.431. The predicted molar refractivity (Wildman–Crippen MR) is 102 cm³/mol. The van der Waals surface area contributed by atoms with Crippen molar-refractivity contribution in [3.63, 3.8) is 0 Å². The first-order chi connectivity index (χ1) is 12.1. The Morgan fingerprint density at radius 1 is 1.20 bits per heavy atom. The highest BCUT2D eigenvalue weighted by Gasteiger charge is 2.28. The van der Waals surface area contributed by atoms with Gasteiger partial charge >= 0.3 is 6.03 Å². The van der Waals surface area contributed by atoms with Crippen molar-refractivity contribution < 1.29 is 9.59 Å². The lowest BCUT2D eigenvalue weighted by atomic mass is 9.84. The molecule has 0 unspecified atom stereocenters. The molecule has 1 fully saturated rings. The average molecular weight is 364 g/mol. The van der Waals surface area contributed by atoms with Gasteiger partial charge in [-0.2, -0.15) is 0 Å². The maximum absolute atomic E-state index is 12.4. The Balaban J connectivity index is 1.72. The van der Waals surface area contributed by atoms with Crippen molar-refractivity contribution >= 4 is 28.3 Å². The molecule has 0 aromatic carbocycles. The van der Waals surface area contributed by atoms with Gasteiger partial charge in [0.2, 0.25) is 0 Å². The summed E-state index contributed by atoms with van der Waals surface area (Å²) in [6, 6.07) is 0.0346. The number of fused-ring (bicyclic) bond motifs is 1. The molecule has 4 N–H and O–H groups in total. The Morgan fingerprint density at radius 3 is 2.64 bits per heavy atom. The van der Waals surface area contributed by atoms with Gasteiger partial charge in [-0.15, -0.1) is 11.3 Å². The summed E-state index contributed by atoms with van der Waals surface area (Å²) in [6.07, 6.45) is 11.1. The van der Waals surface area contributed by atoms with E-state index in [1.807, 2.05) is 0 Å². The van der Waals surface area contributed by atoms with E-state index in [0.29, 0.717) is 16.5 Å². The van der Waals surface area contributed by atoms with Crippen LogP contribution in [-0.4, -0.2) is 18.0 Å². The SMILES string of the molecule is CCC[C@@H]1CCc2c(sc(NC(=O)NC3CCCCC3)c2C(N)=O)C1. The lowest BCUT2D eigenvalue weighted by Crippen LogP contribution is -2.39. The van der Waals surface area contributed by atoms with Crippen LogP contribution in [0.25, 0.3) is 0 Å². The molecule has 1 aromatic heterocycles. The normalized spacial score (nSPS) is 20.8. The molecule has 1 aromatic rings. The molecule has 6 heteroatoms. The summed E-state index contributed by atoms with van der Waals surface area (Å²) in [6.45, 7) is 2.21. The van der Waals surface area contributed by atoms with Crippen molar-refractivity contribution in [1.29, 1.82) is 0 Å². The zero-order valence-electron chi connectivity index (χ0n) is 15.0. The van der Waals surface area contributed by atoms with E-state index in [4.69, 9.17) is 5.73 Å². The maximum atomic E-state index is 12.4. The third-order valence-corrected chi connectivity index (χ3v) is 6.65. The van der Waals surface area contributed by atoms with Gasteiger partial charge < -0.3 is 11.1 Å². The molecule has 1 saturated carbocycles. The lowest BCUT2D eigenvalue weighted by molar-refractivity contribution is 0.1000. The quantitative estimate of drug-likeness (QED) is 0.732. The molecule has 25 heavy (non-hydrogen) atoms. The average Bonchev–Trinajstić information content (AvgIpc) is 2.93. The third-order valence-electron chi connectivity index (χ3n) is 5.48. The lowest BCUT2D eigenvalue weighted by Gasteiger charge is -2.22. The molecule has 2 aliphatic carbocycles. The van der Waals surface area contributed by atoms with Gasteiger partial charge in [0, 0.05) is 10.9 Å². The second kappa shape index (κ2) is 8.21. The fourth-order valence-electron chi connectivity index (χ4n) is 4.23. The van der Waals surface area contributed by atoms with Crippen molar-refractivity contribution in [2.24, 2.45) is 11.7 Å². The number of hydrogen-bond acceptors (Lipinski definition) is 3. The van der Waals surface area contributed by atoms with Crippen molar-refractivity contribution in [2.45, 2.75) is 77.2 Å². The number of rotatable bonds is 5. The molecule has 3 amide bonds. The third kappa shape index (κ3) is 4.35. The molecule has 0 spiro atoms. The second-order valence-corrected chi connectivity index (χ2v) is 8.51. The Kier molecular flexibility index (Phi) is 5.99. The summed E-state index contributed by atoms with van der Waals surface area (Å²) in [4.78, 5) is 25.6. The van der Waals surface area contributed by atoms with Gasteiger partial charge in [-0.05, 0) is 43.6 Å². The first-order valence-corrected chi connectivity index (χ1v) is 10.4. The molecule has 138 valence electrons. The van der Waals surface area contributed by atoms with Crippen molar-refractivity contribution in [2.75, 3.05) is 5.32 Å². The Bertz CT molecular complexity index is 635. The number of carbonyl (C=O) groups is 2. The molecular formula is C19H29N3O2S. The van der Waals surface area contributed by atoms with Crippen LogP contribution in [0.15, 0.2) is 0 Å². The van der Waals surface area contributed by atoms with Gasteiger partial charge in [-0.3, -0.25) is 10.1 Å². The molecule has 0 bridgehead atoms. The van der Waals surface area contributed by atoms with Crippen LogP contribution in [0.5, 0.6) is 0 Å². The number of nitrogens with two attached hydrogens (primary N) is 1. The smallest absolute Gasteiger partial charge is 0.320 e. The summed E-state index contributed by atoms with van der Waals surface area (Å²) >= 11 is 1.54. The van der Waals surface area contributed by atoms with E-state index >= 15 is 0 Å². The van der Waals surface area contributed by atoms with Gasteiger partial charge in [-0.1, -0.05) is 39.0 Å². The van der Waals surface area contributed by atoms with E-state index in [1.54, 1.807) is 0 Å². The van der Waals surface area contributed by atoms with Crippen LogP contribution in [0.2, 0.25) is 0 Å². The molecule has 0 radical (unpaired) electrons. The number of urea groups is 1. The van der Waals surface area contributed by atoms with Crippen molar-refractivity contribution in [3.8, 4) is 0 Å². The van der Waals surface area contributed by atoms with Crippen LogP contribution in [0.4, 0.5) is 9.80 Å². The standard InChI is InChI=1S/C19H29N3O2S/c1-2-6-12-9-10-14-15(11-12)25-18(16(14)17(20)23)22-19(24)21-13-7-4-3-5-8-13/h12-13H,2-11H2,1H3,(H2,20,23)(H2,21,22,24)/t12-/m1/s1. The summed E-state index contributed by atoms with van der Waals surface area (Å²) in [5.41, 5.74) is 7.24. The van der Waals surface area contributed by atoms with E-state index in [9.17, 15) is 9.59 Å². The molecule has 1 heterocycles. The van der Waals surface area contributed by atoms with E-state index in [2.05, 4.69) is 17.6 Å². The summed E-state index contributed by atoms with van der Waals surface area (Å²) in [7, 11) is 0. The minimum absolute atomic E-state index is 0.210. The van der Waals surface area contributed by atoms with Gasteiger partial charge in [0.15, 0.2) is 0 Å². The van der Waals surface area contributed by atoms with Crippen LogP contribution >= 0.6 is 11.3 Å². The first kappa shape index (κ1) is 18.2. The Labute approximate surface area is 153 Å². The largest absolute Gasteiger partial charge is 0.365 e. The van der Waals surface area contributed by atoms with Crippen molar-refractivity contribution in [1.82, 2.24) is 5.32 Å². The Hall–Kier alpha value is -1.56. The topological polar surface area (TPSA) is 84.2 Å². The first-order valence-electron chi connectivity index (χ1n) is 9.60. The summed E-state index contributed by atoms with van der Waals surface area (Å²) in [5, 5.41) is 6.59. The zero-order valence-corrected chi connectivity index (χ0v) is 15.8. The highest BCUT2D eigenvalue weighted by molar-refractivity contribution is 7.17. The van der Waals surface area contributed by atoms with Gasteiger partial charge in [0.25, 0.3) is 5.91 Å². The molecule has 1 atom stereocenters. The highest BCUT2D eigenvalue weighted by atomic mass is 32.1. The number of primary amides is 1. The van der Waals surface area contributed by atoms with Crippen LogP contribution in [-0.2, 0) is 12.8 Å². The predicted octanol–water partition coefficient (Wildman–Crippen LogP) is 4.21. The van der Waals surface area contributed by atoms with E-state index in [-0.39, 0.29) is 12.1 Å². The number of anilines is 1. The number of amides is 3. The number of hydrogen-bond donors (Lipinski definition) is 3. The molecule has 0 saturated heterocycles.